The minimum absolute atomic E-state index is 0. The minimum Gasteiger partial charge on any atom is -0.488 e. The molecule has 0 saturated heterocycles. The van der Waals surface area contributed by atoms with Gasteiger partial charge in [0.15, 0.2) is 5.96 Å². The van der Waals surface area contributed by atoms with E-state index in [1.54, 1.807) is 0 Å². The molecule has 2 atom stereocenters. The van der Waals surface area contributed by atoms with E-state index in [-0.39, 0.29) is 30.1 Å². The molecular weight excluding hydrogens is 439 g/mol. The molecule has 1 aliphatic rings. The molecule has 2 N–H and O–H groups in total. The highest BCUT2D eigenvalue weighted by Gasteiger charge is 2.22. The van der Waals surface area contributed by atoms with Crippen LogP contribution in [0.3, 0.4) is 0 Å². The van der Waals surface area contributed by atoms with Crippen LogP contribution in [0, 0.1) is 0 Å². The predicted octanol–water partition coefficient (Wildman–Crippen LogP) is 3.28. The van der Waals surface area contributed by atoms with Gasteiger partial charge in [0.25, 0.3) is 0 Å². The van der Waals surface area contributed by atoms with Crippen molar-refractivity contribution in [3.63, 3.8) is 0 Å². The highest BCUT2D eigenvalue weighted by molar-refractivity contribution is 14.0. The lowest BCUT2D eigenvalue weighted by molar-refractivity contribution is 0.234. The zero-order chi connectivity index (χ0) is 18.1. The first kappa shape index (κ1) is 23.0. The fraction of sp³-hybridized carbons (Fsp3) is 0.650. The molecule has 0 radical (unpaired) electrons. The summed E-state index contributed by atoms with van der Waals surface area (Å²) in [5, 5.41) is 6.89. The van der Waals surface area contributed by atoms with Crippen LogP contribution >= 0.6 is 24.0 Å². The molecule has 1 aromatic carbocycles. The van der Waals surface area contributed by atoms with Crippen LogP contribution in [-0.2, 0) is 6.42 Å². The minimum atomic E-state index is 0. The first-order valence-electron chi connectivity index (χ1n) is 9.60. The Kier molecular flexibility index (Phi) is 11.0. The Morgan fingerprint density at radius 1 is 1.31 bits per heavy atom. The number of hydrogen-bond donors (Lipinski definition) is 2. The van der Waals surface area contributed by atoms with Crippen molar-refractivity contribution in [3.05, 3.63) is 29.8 Å². The van der Waals surface area contributed by atoms with Crippen LogP contribution in [0.15, 0.2) is 29.3 Å². The Labute approximate surface area is 176 Å². The number of hydrogen-bond acceptors (Lipinski definition) is 3. The van der Waals surface area contributed by atoms with Gasteiger partial charge < -0.3 is 20.3 Å². The lowest BCUT2D eigenvalue weighted by Gasteiger charge is -2.21. The van der Waals surface area contributed by atoms with Gasteiger partial charge in [-0.2, -0.15) is 0 Å². The van der Waals surface area contributed by atoms with E-state index in [9.17, 15) is 0 Å². The molecule has 0 bridgehead atoms. The first-order valence-corrected chi connectivity index (χ1v) is 9.60. The third-order valence-electron chi connectivity index (χ3n) is 4.82. The van der Waals surface area contributed by atoms with E-state index in [1.807, 2.05) is 19.2 Å². The largest absolute Gasteiger partial charge is 0.488 e. The first-order chi connectivity index (χ1) is 12.2. The van der Waals surface area contributed by atoms with Crippen LogP contribution in [0.5, 0.6) is 5.75 Å². The molecule has 0 aromatic heterocycles. The molecule has 148 valence electrons. The molecule has 6 heteroatoms. The summed E-state index contributed by atoms with van der Waals surface area (Å²) in [4.78, 5) is 6.81. The zero-order valence-corrected chi connectivity index (χ0v) is 19.0. The molecule has 0 saturated carbocycles. The van der Waals surface area contributed by atoms with Gasteiger partial charge >= 0.3 is 0 Å². The van der Waals surface area contributed by atoms with E-state index >= 15 is 0 Å². The third kappa shape index (κ3) is 7.31. The highest BCUT2D eigenvalue weighted by Crippen LogP contribution is 2.27. The van der Waals surface area contributed by atoms with Crippen LogP contribution in [-0.4, -0.2) is 56.2 Å². The molecule has 2 unspecified atom stereocenters. The van der Waals surface area contributed by atoms with Gasteiger partial charge in [0.2, 0.25) is 0 Å². The van der Waals surface area contributed by atoms with Crippen molar-refractivity contribution >= 4 is 29.9 Å². The van der Waals surface area contributed by atoms with E-state index < -0.39 is 0 Å². The lowest BCUT2D eigenvalue weighted by atomic mass is 10.1. The summed E-state index contributed by atoms with van der Waals surface area (Å²) >= 11 is 0. The van der Waals surface area contributed by atoms with E-state index in [0.29, 0.717) is 6.04 Å². The Bertz CT molecular complexity index is 523. The number of rotatable bonds is 9. The number of fused-ring (bicyclic) bond motifs is 1. The average molecular weight is 474 g/mol. The number of guanidine groups is 1. The van der Waals surface area contributed by atoms with Crippen LogP contribution in [0.25, 0.3) is 0 Å². The van der Waals surface area contributed by atoms with Gasteiger partial charge in [0, 0.05) is 19.5 Å². The lowest BCUT2D eigenvalue weighted by Crippen LogP contribution is -2.45. The topological polar surface area (TPSA) is 48.9 Å². The van der Waals surface area contributed by atoms with E-state index in [4.69, 9.17) is 4.74 Å². The molecule has 0 fully saturated rings. The Balaban J connectivity index is 0.00000338. The number of nitrogens with zero attached hydrogens (tertiary/aromatic N) is 2. The Morgan fingerprint density at radius 3 is 2.69 bits per heavy atom. The van der Waals surface area contributed by atoms with Crippen molar-refractivity contribution in [2.24, 2.45) is 4.99 Å². The molecule has 26 heavy (non-hydrogen) atoms. The summed E-state index contributed by atoms with van der Waals surface area (Å²) in [7, 11) is 1.82. The van der Waals surface area contributed by atoms with Crippen LogP contribution in [0.4, 0.5) is 0 Å². The van der Waals surface area contributed by atoms with E-state index in [1.165, 1.54) is 18.5 Å². The second-order valence-electron chi connectivity index (χ2n) is 6.72. The Hall–Kier alpha value is -1.02. The SMILES string of the molecule is CCN(CC)CCCC(C)NC(=NC)NCC1Cc2ccccc2O1.I. The second-order valence-corrected chi connectivity index (χ2v) is 6.72. The number of ether oxygens (including phenoxy) is 1. The van der Waals surface area contributed by atoms with Crippen LogP contribution in [0.1, 0.15) is 39.2 Å². The summed E-state index contributed by atoms with van der Waals surface area (Å²) in [6, 6.07) is 8.68. The van der Waals surface area contributed by atoms with Crippen molar-refractivity contribution in [1.29, 1.82) is 0 Å². The smallest absolute Gasteiger partial charge is 0.191 e. The summed E-state index contributed by atoms with van der Waals surface area (Å²) < 4.78 is 5.97. The van der Waals surface area contributed by atoms with Gasteiger partial charge in [-0.15, -0.1) is 24.0 Å². The van der Waals surface area contributed by atoms with Crippen LogP contribution in [0.2, 0.25) is 0 Å². The molecule has 0 amide bonds. The molecule has 5 nitrogen and oxygen atoms in total. The summed E-state index contributed by atoms with van der Waals surface area (Å²) in [5.74, 6) is 1.87. The van der Waals surface area contributed by atoms with Crippen molar-refractivity contribution in [3.8, 4) is 5.75 Å². The zero-order valence-electron chi connectivity index (χ0n) is 16.6. The fourth-order valence-electron chi connectivity index (χ4n) is 3.24. The molecule has 1 heterocycles. The monoisotopic (exact) mass is 474 g/mol. The Morgan fingerprint density at radius 2 is 2.04 bits per heavy atom. The van der Waals surface area contributed by atoms with Gasteiger partial charge in [-0.1, -0.05) is 32.0 Å². The molecule has 2 rings (SSSR count). The molecule has 1 aromatic rings. The van der Waals surface area contributed by atoms with Crippen molar-refractivity contribution in [1.82, 2.24) is 15.5 Å². The fourth-order valence-corrected chi connectivity index (χ4v) is 3.24. The van der Waals surface area contributed by atoms with Crippen molar-refractivity contribution < 1.29 is 4.74 Å². The number of aliphatic imine (C=N–C) groups is 1. The van der Waals surface area contributed by atoms with Crippen LogP contribution < -0.4 is 15.4 Å². The maximum atomic E-state index is 5.97. The average Bonchev–Trinajstić information content (AvgIpc) is 3.05. The van der Waals surface area contributed by atoms with Gasteiger partial charge in [-0.3, -0.25) is 4.99 Å². The number of para-hydroxylation sites is 1. The van der Waals surface area contributed by atoms with Crippen molar-refractivity contribution in [2.75, 3.05) is 33.2 Å². The van der Waals surface area contributed by atoms with Gasteiger partial charge in [-0.25, -0.2) is 0 Å². The quantitative estimate of drug-likeness (QED) is 0.328. The second kappa shape index (κ2) is 12.4. The van der Waals surface area contributed by atoms with Gasteiger partial charge in [-0.05, 0) is 51.0 Å². The van der Waals surface area contributed by atoms with Gasteiger partial charge in [0.05, 0.1) is 6.54 Å². The highest BCUT2D eigenvalue weighted by atomic mass is 127. The van der Waals surface area contributed by atoms with Gasteiger partial charge in [0.1, 0.15) is 11.9 Å². The predicted molar refractivity (Wildman–Crippen MR) is 121 cm³/mol. The summed E-state index contributed by atoms with van der Waals surface area (Å²) in [5.41, 5.74) is 1.29. The number of nitrogens with one attached hydrogen (secondary N) is 2. The molecule has 1 aliphatic heterocycles. The van der Waals surface area contributed by atoms with E-state index in [2.05, 4.69) is 53.4 Å². The maximum absolute atomic E-state index is 5.97. The molecular formula is C20H35IN4O. The summed E-state index contributed by atoms with van der Waals surface area (Å²) in [6.45, 7) is 10.9. The maximum Gasteiger partial charge on any atom is 0.191 e. The standard InChI is InChI=1S/C20H34N4O.HI/c1-5-24(6-2)13-9-10-16(3)23-20(21-4)22-15-18-14-17-11-7-8-12-19(17)25-18;/h7-8,11-12,16,18H,5-6,9-10,13-15H2,1-4H3,(H2,21,22,23);1H. The molecule has 0 spiro atoms. The number of benzene rings is 1. The van der Waals surface area contributed by atoms with Crippen molar-refractivity contribution in [2.45, 2.75) is 52.2 Å². The number of halogens is 1. The third-order valence-corrected chi connectivity index (χ3v) is 4.82. The normalized spacial score (nSPS) is 17.3. The van der Waals surface area contributed by atoms with E-state index in [0.717, 1.165) is 44.2 Å². The molecule has 0 aliphatic carbocycles. The summed E-state index contributed by atoms with van der Waals surface area (Å²) in [6.07, 6.45) is 3.48.